The lowest BCUT2D eigenvalue weighted by Gasteiger charge is -2.23. The Morgan fingerprint density at radius 1 is 1.13 bits per heavy atom. The molecule has 1 heterocycles. The molecule has 0 saturated heterocycles. The predicted molar refractivity (Wildman–Crippen MR) is 102 cm³/mol. The lowest BCUT2D eigenvalue weighted by molar-refractivity contribution is -0.137. The van der Waals surface area contributed by atoms with Gasteiger partial charge in [0.2, 0.25) is 5.91 Å². The molecular formula is C22H19F5N2O. The molecule has 3 aromatic rings. The van der Waals surface area contributed by atoms with Crippen molar-refractivity contribution in [3.05, 3.63) is 59.3 Å². The highest BCUT2D eigenvalue weighted by atomic mass is 19.4. The van der Waals surface area contributed by atoms with Crippen LogP contribution in [0.2, 0.25) is 0 Å². The molecule has 1 aromatic heterocycles. The largest absolute Gasteiger partial charge is 0.416 e. The van der Waals surface area contributed by atoms with Crippen LogP contribution in [0.1, 0.15) is 30.9 Å². The Hall–Kier alpha value is -2.90. The maximum Gasteiger partial charge on any atom is 0.416 e. The van der Waals surface area contributed by atoms with E-state index in [1.807, 2.05) is 0 Å². The van der Waals surface area contributed by atoms with E-state index < -0.39 is 23.4 Å². The molecule has 3 nitrogen and oxygen atoms in total. The normalized spacial score (nSPS) is 14.3. The number of fused-ring (bicyclic) bond motifs is 1. The van der Waals surface area contributed by atoms with Gasteiger partial charge in [0, 0.05) is 41.7 Å². The highest BCUT2D eigenvalue weighted by Gasteiger charge is 2.34. The van der Waals surface area contributed by atoms with Crippen molar-refractivity contribution in [3.8, 4) is 11.1 Å². The van der Waals surface area contributed by atoms with Crippen LogP contribution in [0.3, 0.4) is 0 Å². The zero-order chi connectivity index (χ0) is 21.6. The second kappa shape index (κ2) is 7.41. The van der Waals surface area contributed by atoms with Crippen LogP contribution in [0, 0.1) is 17.6 Å². The number of hydrogen-bond acceptors (Lipinski definition) is 1. The van der Waals surface area contributed by atoms with E-state index in [4.69, 9.17) is 0 Å². The summed E-state index contributed by atoms with van der Waals surface area (Å²) in [5.74, 6) is -2.30. The zero-order valence-electron chi connectivity index (χ0n) is 16.1. The van der Waals surface area contributed by atoms with Crippen LogP contribution in [-0.4, -0.2) is 22.3 Å². The maximum absolute atomic E-state index is 14.5. The maximum atomic E-state index is 14.5. The smallest absolute Gasteiger partial charge is 0.360 e. The summed E-state index contributed by atoms with van der Waals surface area (Å²) in [4.78, 5) is 16.9. The van der Waals surface area contributed by atoms with Gasteiger partial charge in [-0.15, -0.1) is 0 Å². The molecule has 2 aromatic carbocycles. The molecule has 0 atom stereocenters. The molecule has 1 saturated carbocycles. The third-order valence-electron chi connectivity index (χ3n) is 5.44. The van der Waals surface area contributed by atoms with Crippen LogP contribution in [-0.2, 0) is 17.5 Å². The van der Waals surface area contributed by atoms with Crippen molar-refractivity contribution in [2.45, 2.75) is 32.5 Å². The van der Waals surface area contributed by atoms with Crippen molar-refractivity contribution in [1.29, 1.82) is 0 Å². The molecule has 1 fully saturated rings. The fourth-order valence-corrected chi connectivity index (χ4v) is 3.67. The van der Waals surface area contributed by atoms with Gasteiger partial charge in [0.25, 0.3) is 0 Å². The van der Waals surface area contributed by atoms with Gasteiger partial charge >= 0.3 is 6.18 Å². The number of hydrogen-bond donors (Lipinski definition) is 1. The minimum absolute atomic E-state index is 0.0347. The average molecular weight is 422 g/mol. The van der Waals surface area contributed by atoms with Crippen LogP contribution >= 0.6 is 0 Å². The Morgan fingerprint density at radius 2 is 1.87 bits per heavy atom. The van der Waals surface area contributed by atoms with Gasteiger partial charge < -0.3 is 9.88 Å². The van der Waals surface area contributed by atoms with Gasteiger partial charge in [-0.25, -0.2) is 8.78 Å². The molecule has 158 valence electrons. The van der Waals surface area contributed by atoms with Crippen LogP contribution in [0.15, 0.2) is 36.5 Å². The summed E-state index contributed by atoms with van der Waals surface area (Å²) < 4.78 is 68.3. The summed E-state index contributed by atoms with van der Waals surface area (Å²) in [5.41, 5.74) is 0.269. The first-order chi connectivity index (χ1) is 14.2. The molecule has 30 heavy (non-hydrogen) atoms. The highest BCUT2D eigenvalue weighted by Crippen LogP contribution is 2.38. The summed E-state index contributed by atoms with van der Waals surface area (Å²) in [7, 11) is 0. The molecule has 0 aliphatic heterocycles. The minimum Gasteiger partial charge on any atom is -0.360 e. The first-order valence-corrected chi connectivity index (χ1v) is 9.65. The lowest BCUT2D eigenvalue weighted by atomic mass is 9.96. The second-order valence-corrected chi connectivity index (χ2v) is 7.48. The Bertz CT molecular complexity index is 1110. The van der Waals surface area contributed by atoms with Crippen LogP contribution in [0.5, 0.6) is 0 Å². The van der Waals surface area contributed by atoms with Gasteiger partial charge in [-0.1, -0.05) is 6.07 Å². The molecule has 8 heteroatoms. The minimum atomic E-state index is -4.57. The van der Waals surface area contributed by atoms with E-state index in [1.165, 1.54) is 23.2 Å². The lowest BCUT2D eigenvalue weighted by Crippen LogP contribution is -2.31. The summed E-state index contributed by atoms with van der Waals surface area (Å²) in [6, 6.07) is 5.50. The molecule has 1 N–H and O–H groups in total. The molecular weight excluding hydrogens is 403 g/mol. The molecule has 1 aliphatic rings. The number of aromatic nitrogens is 1. The Labute approximate surface area is 169 Å². The van der Waals surface area contributed by atoms with Gasteiger partial charge in [0.1, 0.15) is 0 Å². The number of carbonyl (C=O) groups excluding carboxylic acids is 1. The number of H-pyrrole nitrogens is 1. The number of nitrogens with one attached hydrogen (secondary N) is 1. The van der Waals surface area contributed by atoms with Crippen molar-refractivity contribution in [3.63, 3.8) is 0 Å². The predicted octanol–water partition coefficient (Wildman–Crippen LogP) is 5.89. The summed E-state index contributed by atoms with van der Waals surface area (Å²) in [6.07, 6.45) is -1.57. The fourth-order valence-electron chi connectivity index (χ4n) is 3.67. The topological polar surface area (TPSA) is 36.1 Å². The van der Waals surface area contributed by atoms with E-state index in [-0.39, 0.29) is 34.9 Å². The van der Waals surface area contributed by atoms with Crippen molar-refractivity contribution < 1.29 is 26.7 Å². The summed E-state index contributed by atoms with van der Waals surface area (Å²) in [6.45, 7) is 2.05. The molecule has 0 spiro atoms. The van der Waals surface area contributed by atoms with Crippen molar-refractivity contribution >= 4 is 16.8 Å². The molecule has 1 aliphatic carbocycles. The molecule has 0 unspecified atom stereocenters. The molecule has 0 bridgehead atoms. The highest BCUT2D eigenvalue weighted by molar-refractivity contribution is 5.97. The number of rotatable bonds is 5. The Balaban J connectivity index is 1.85. The Morgan fingerprint density at radius 3 is 2.50 bits per heavy atom. The van der Waals surface area contributed by atoms with Gasteiger partial charge in [-0.2, -0.15) is 13.2 Å². The van der Waals surface area contributed by atoms with Crippen LogP contribution in [0.4, 0.5) is 22.0 Å². The van der Waals surface area contributed by atoms with E-state index in [0.29, 0.717) is 17.6 Å². The van der Waals surface area contributed by atoms with E-state index in [2.05, 4.69) is 4.98 Å². The number of carbonyl (C=O) groups is 1. The third kappa shape index (κ3) is 3.66. The van der Waals surface area contributed by atoms with Crippen molar-refractivity contribution in [2.75, 3.05) is 6.54 Å². The van der Waals surface area contributed by atoms with E-state index in [0.717, 1.165) is 31.0 Å². The van der Waals surface area contributed by atoms with Gasteiger partial charge in [-0.05, 0) is 55.2 Å². The average Bonchev–Trinajstić information content (AvgIpc) is 3.47. The molecule has 4 rings (SSSR count). The monoisotopic (exact) mass is 422 g/mol. The van der Waals surface area contributed by atoms with Gasteiger partial charge in [0.05, 0.1) is 5.56 Å². The quantitative estimate of drug-likeness (QED) is 0.512. The van der Waals surface area contributed by atoms with Gasteiger partial charge in [-0.3, -0.25) is 4.79 Å². The van der Waals surface area contributed by atoms with Crippen LogP contribution in [0.25, 0.3) is 22.0 Å². The number of aromatic amines is 1. The van der Waals surface area contributed by atoms with E-state index in [1.54, 1.807) is 6.92 Å². The number of nitrogens with zero attached hydrogens (tertiary/aromatic N) is 1. The number of alkyl halides is 3. The van der Waals surface area contributed by atoms with E-state index >= 15 is 0 Å². The molecule has 1 amide bonds. The van der Waals surface area contributed by atoms with Crippen LogP contribution < -0.4 is 0 Å². The van der Waals surface area contributed by atoms with Crippen molar-refractivity contribution in [1.82, 2.24) is 9.88 Å². The van der Waals surface area contributed by atoms with Crippen molar-refractivity contribution in [2.24, 2.45) is 5.92 Å². The second-order valence-electron chi connectivity index (χ2n) is 7.48. The SMILES string of the molecule is CCN(Cc1cc(C(F)(F)F)ccc1-c1c[nH]c2ccc(F)c(F)c12)C(=O)C1CC1. The standard InChI is InChI=1S/C22H19F5N2O/c1-2-29(21(30)12-3-4-12)11-13-9-14(22(25,26)27)5-6-15(13)16-10-28-18-8-7-17(23)20(24)19(16)18/h5-10,12,28H,2-4,11H2,1H3. The summed E-state index contributed by atoms with van der Waals surface area (Å²) >= 11 is 0. The fraction of sp³-hybridized carbons (Fsp3) is 0.318. The van der Waals surface area contributed by atoms with E-state index in [9.17, 15) is 26.7 Å². The zero-order valence-corrected chi connectivity index (χ0v) is 16.1. The first-order valence-electron chi connectivity index (χ1n) is 9.65. The first kappa shape index (κ1) is 20.4. The third-order valence-corrected chi connectivity index (χ3v) is 5.44. The number of benzene rings is 2. The number of amides is 1. The van der Waals surface area contributed by atoms with Gasteiger partial charge in [0.15, 0.2) is 11.6 Å². The Kier molecular flexibility index (Phi) is 5.03. The molecule has 0 radical (unpaired) electrons. The number of halogens is 5. The summed E-state index contributed by atoms with van der Waals surface area (Å²) in [5, 5.41) is -0.0347.